The maximum Gasteiger partial charge on any atom is 0.227 e. The smallest absolute Gasteiger partial charge is 0.227 e. The van der Waals surface area contributed by atoms with Crippen molar-refractivity contribution in [3.63, 3.8) is 0 Å². The lowest BCUT2D eigenvalue weighted by atomic mass is 9.81. The van der Waals surface area contributed by atoms with Gasteiger partial charge >= 0.3 is 0 Å². The van der Waals surface area contributed by atoms with Crippen LogP contribution in [0, 0.1) is 12.8 Å². The first kappa shape index (κ1) is 16.1. The Morgan fingerprint density at radius 1 is 1.40 bits per heavy atom. The van der Waals surface area contributed by atoms with E-state index in [1.165, 1.54) is 5.56 Å². The third-order valence-electron chi connectivity index (χ3n) is 4.63. The molecule has 1 aliphatic carbocycles. The third-order valence-corrected chi connectivity index (χ3v) is 5.47. The van der Waals surface area contributed by atoms with Crippen molar-refractivity contribution in [2.24, 2.45) is 5.92 Å². The molecule has 0 spiro atoms. The number of carbonyl (C=O) groups excluding carboxylic acids is 1. The minimum absolute atomic E-state index is 0.151. The molecule has 6 heteroatoms. The van der Waals surface area contributed by atoms with Gasteiger partial charge in [-0.1, -0.05) is 53.7 Å². The fourth-order valence-corrected chi connectivity index (χ4v) is 4.01. The Morgan fingerprint density at radius 3 is 2.96 bits per heavy atom. The fraction of sp³-hybridized carbons (Fsp3) is 0.316. The summed E-state index contributed by atoms with van der Waals surface area (Å²) in [5, 5.41) is 8.70. The Labute approximate surface area is 151 Å². The van der Waals surface area contributed by atoms with Crippen LogP contribution in [0.25, 0.3) is 0 Å². The van der Waals surface area contributed by atoms with Crippen LogP contribution in [0.5, 0.6) is 0 Å². The van der Waals surface area contributed by atoms with Crippen molar-refractivity contribution in [2.75, 3.05) is 11.1 Å². The van der Waals surface area contributed by atoms with E-state index in [2.05, 4.69) is 59.2 Å². The Hall–Kier alpha value is -2.34. The Morgan fingerprint density at radius 2 is 2.20 bits per heavy atom. The van der Waals surface area contributed by atoms with Crippen molar-refractivity contribution in [3.8, 4) is 0 Å². The number of benzene rings is 1. The van der Waals surface area contributed by atoms with Gasteiger partial charge in [0, 0.05) is 17.9 Å². The zero-order valence-corrected chi connectivity index (χ0v) is 14.9. The molecule has 1 aromatic carbocycles. The number of anilines is 1. The van der Waals surface area contributed by atoms with Gasteiger partial charge in [-0.2, -0.15) is 4.98 Å². The maximum absolute atomic E-state index is 12.7. The number of fused-ring (bicyclic) bond motifs is 2. The van der Waals surface area contributed by atoms with Crippen molar-refractivity contribution in [3.05, 3.63) is 59.8 Å². The van der Waals surface area contributed by atoms with Gasteiger partial charge in [0.15, 0.2) is 0 Å². The summed E-state index contributed by atoms with van der Waals surface area (Å²) in [6.45, 7) is 5.81. The van der Waals surface area contributed by atoms with Gasteiger partial charge in [-0.05, 0) is 18.9 Å². The van der Waals surface area contributed by atoms with Gasteiger partial charge in [0.2, 0.25) is 11.1 Å². The molecule has 4 rings (SSSR count). The lowest BCUT2D eigenvalue weighted by molar-refractivity contribution is -0.123. The van der Waals surface area contributed by atoms with Crippen LogP contribution in [0.4, 0.5) is 5.95 Å². The monoisotopic (exact) mass is 352 g/mol. The summed E-state index contributed by atoms with van der Waals surface area (Å²) < 4.78 is 1.88. The van der Waals surface area contributed by atoms with E-state index in [-0.39, 0.29) is 17.7 Å². The van der Waals surface area contributed by atoms with E-state index in [1.807, 2.05) is 10.8 Å². The standard InChI is InChI=1S/C19H20N4OS/c1-3-11-25-19-21-18-20-14-5-4-6-15(24)16(14)17(23(18)22-19)13-9-7-12(2)8-10-13/h3,5,7-10,16-17H,1,4,6,11H2,2H3,(H,20,21,22)/t16-,17-/m0/s1. The molecule has 2 heterocycles. The summed E-state index contributed by atoms with van der Waals surface area (Å²) in [7, 11) is 0. The van der Waals surface area contributed by atoms with Gasteiger partial charge in [0.1, 0.15) is 5.78 Å². The Kier molecular flexibility index (Phi) is 4.21. The lowest BCUT2D eigenvalue weighted by Crippen LogP contribution is -2.38. The van der Waals surface area contributed by atoms with E-state index in [4.69, 9.17) is 0 Å². The van der Waals surface area contributed by atoms with Crippen LogP contribution in [0.2, 0.25) is 0 Å². The molecule has 0 saturated carbocycles. The topological polar surface area (TPSA) is 59.8 Å². The van der Waals surface area contributed by atoms with Crippen molar-refractivity contribution in [2.45, 2.75) is 31.0 Å². The van der Waals surface area contributed by atoms with Gasteiger partial charge in [-0.25, -0.2) is 4.68 Å². The summed E-state index contributed by atoms with van der Waals surface area (Å²) in [6, 6.07) is 8.19. The van der Waals surface area contributed by atoms with Crippen LogP contribution in [-0.2, 0) is 4.79 Å². The van der Waals surface area contributed by atoms with Crippen LogP contribution in [0.1, 0.15) is 30.0 Å². The van der Waals surface area contributed by atoms with Gasteiger partial charge in [-0.3, -0.25) is 4.79 Å². The van der Waals surface area contributed by atoms with E-state index in [1.54, 1.807) is 11.8 Å². The number of nitrogens with one attached hydrogen (secondary N) is 1. The first-order valence-corrected chi connectivity index (χ1v) is 9.42. The van der Waals surface area contributed by atoms with Crippen molar-refractivity contribution in [1.82, 2.24) is 14.8 Å². The minimum atomic E-state index is -0.220. The molecular formula is C19H20N4OS. The average Bonchev–Trinajstić information content (AvgIpc) is 3.01. The minimum Gasteiger partial charge on any atom is -0.328 e. The molecule has 1 N–H and O–H groups in total. The highest BCUT2D eigenvalue weighted by Crippen LogP contribution is 2.41. The van der Waals surface area contributed by atoms with Gasteiger partial charge < -0.3 is 5.32 Å². The quantitative estimate of drug-likeness (QED) is 0.671. The normalized spacial score (nSPS) is 21.8. The number of nitrogens with zero attached hydrogens (tertiary/aromatic N) is 3. The molecule has 2 aliphatic rings. The second kappa shape index (κ2) is 6.52. The Balaban J connectivity index is 1.82. The van der Waals surface area contributed by atoms with Crippen LogP contribution in [0.15, 0.2) is 53.8 Å². The second-order valence-electron chi connectivity index (χ2n) is 6.38. The van der Waals surface area contributed by atoms with Crippen LogP contribution < -0.4 is 5.32 Å². The van der Waals surface area contributed by atoms with E-state index >= 15 is 0 Å². The van der Waals surface area contributed by atoms with E-state index < -0.39 is 0 Å². The molecule has 25 heavy (non-hydrogen) atoms. The summed E-state index contributed by atoms with van der Waals surface area (Å²) in [5.74, 6) is 1.50. The predicted molar refractivity (Wildman–Crippen MR) is 99.7 cm³/mol. The molecule has 0 saturated heterocycles. The SMILES string of the molecule is C=CCSc1nc2n(n1)[C@@H](c1ccc(C)cc1)[C@@H]1C(=O)CCC=C1N2. The number of thioether (sulfide) groups is 1. The number of ketones is 1. The van der Waals surface area contributed by atoms with E-state index in [0.717, 1.165) is 23.4 Å². The summed E-state index contributed by atoms with van der Waals surface area (Å²) in [5.41, 5.74) is 3.25. The number of carbonyl (C=O) groups is 1. The van der Waals surface area contributed by atoms with Crippen LogP contribution in [0.3, 0.4) is 0 Å². The van der Waals surface area contributed by atoms with Crippen molar-refractivity contribution >= 4 is 23.5 Å². The zero-order valence-electron chi connectivity index (χ0n) is 14.1. The Bertz CT molecular complexity index is 853. The molecule has 0 fully saturated rings. The molecule has 128 valence electrons. The van der Waals surface area contributed by atoms with Gasteiger partial charge in [-0.15, -0.1) is 11.7 Å². The number of rotatable bonds is 4. The second-order valence-corrected chi connectivity index (χ2v) is 7.37. The molecule has 1 aliphatic heterocycles. The first-order valence-electron chi connectivity index (χ1n) is 8.44. The van der Waals surface area contributed by atoms with Crippen LogP contribution in [-0.4, -0.2) is 26.3 Å². The highest BCUT2D eigenvalue weighted by atomic mass is 32.2. The number of aryl methyl sites for hydroxylation is 1. The highest BCUT2D eigenvalue weighted by molar-refractivity contribution is 7.99. The van der Waals surface area contributed by atoms with Gasteiger partial charge in [0.25, 0.3) is 0 Å². The number of hydrogen-bond acceptors (Lipinski definition) is 5. The molecule has 2 atom stereocenters. The molecule has 0 radical (unpaired) electrons. The third kappa shape index (κ3) is 2.91. The number of aromatic nitrogens is 3. The molecule has 5 nitrogen and oxygen atoms in total. The molecule has 1 aromatic heterocycles. The number of allylic oxidation sites excluding steroid dienone is 2. The van der Waals surface area contributed by atoms with Crippen LogP contribution >= 0.6 is 11.8 Å². The highest BCUT2D eigenvalue weighted by Gasteiger charge is 2.41. The maximum atomic E-state index is 12.7. The largest absolute Gasteiger partial charge is 0.328 e. The summed E-state index contributed by atoms with van der Waals surface area (Å²) in [4.78, 5) is 17.3. The molecule has 2 aromatic rings. The fourth-order valence-electron chi connectivity index (χ4n) is 3.45. The van der Waals surface area contributed by atoms with Crippen molar-refractivity contribution < 1.29 is 4.79 Å². The molecule has 0 bridgehead atoms. The molecule has 0 amide bonds. The molecular weight excluding hydrogens is 332 g/mol. The summed E-state index contributed by atoms with van der Waals surface area (Å²) in [6.07, 6.45) is 5.33. The van der Waals surface area contributed by atoms with E-state index in [0.29, 0.717) is 17.5 Å². The number of hydrogen-bond donors (Lipinski definition) is 1. The van der Waals surface area contributed by atoms with Crippen molar-refractivity contribution in [1.29, 1.82) is 0 Å². The summed E-state index contributed by atoms with van der Waals surface area (Å²) >= 11 is 1.54. The number of Topliss-reactive ketones (excluding diaryl/α,β-unsaturated/α-hetero) is 1. The predicted octanol–water partition coefficient (Wildman–Crippen LogP) is 3.74. The zero-order chi connectivity index (χ0) is 17.4. The van der Waals surface area contributed by atoms with Gasteiger partial charge in [0.05, 0.1) is 12.0 Å². The lowest BCUT2D eigenvalue weighted by Gasteiger charge is -2.36. The average molecular weight is 352 g/mol. The first-order chi connectivity index (χ1) is 12.2. The molecule has 0 unspecified atom stereocenters. The van der Waals surface area contributed by atoms with E-state index in [9.17, 15) is 4.79 Å².